The van der Waals surface area contributed by atoms with E-state index in [1.54, 1.807) is 30.3 Å². The van der Waals surface area contributed by atoms with Gasteiger partial charge in [0.2, 0.25) is 0 Å². The maximum Gasteiger partial charge on any atom is 0.255 e. The summed E-state index contributed by atoms with van der Waals surface area (Å²) in [7, 11) is 0. The maximum atomic E-state index is 13.1. The standard InChI is InChI=1S/C17H15FN2O2/c1-2-9-19-16(21)12-5-3-6-13(10-12)17(22)20-15-8-4-7-14(18)11-15/h2-8,10-11H,1,9H2,(H,19,21)(H,20,22). The molecule has 0 radical (unpaired) electrons. The average Bonchev–Trinajstić information content (AvgIpc) is 2.52. The van der Waals surface area contributed by atoms with Gasteiger partial charge >= 0.3 is 0 Å². The van der Waals surface area contributed by atoms with E-state index in [2.05, 4.69) is 17.2 Å². The molecule has 0 bridgehead atoms. The first-order valence-electron chi connectivity index (χ1n) is 6.66. The van der Waals surface area contributed by atoms with E-state index in [-0.39, 0.29) is 5.91 Å². The van der Waals surface area contributed by atoms with Crippen molar-refractivity contribution < 1.29 is 14.0 Å². The minimum absolute atomic E-state index is 0.291. The van der Waals surface area contributed by atoms with Gasteiger partial charge in [0.15, 0.2) is 0 Å². The Balaban J connectivity index is 2.13. The zero-order valence-electron chi connectivity index (χ0n) is 11.8. The topological polar surface area (TPSA) is 58.2 Å². The highest BCUT2D eigenvalue weighted by Crippen LogP contribution is 2.12. The fourth-order valence-corrected chi connectivity index (χ4v) is 1.84. The fraction of sp³-hybridized carbons (Fsp3) is 0.0588. The number of rotatable bonds is 5. The molecular weight excluding hydrogens is 283 g/mol. The zero-order chi connectivity index (χ0) is 15.9. The van der Waals surface area contributed by atoms with E-state index in [9.17, 15) is 14.0 Å². The van der Waals surface area contributed by atoms with Crippen molar-refractivity contribution >= 4 is 17.5 Å². The number of anilines is 1. The molecule has 0 aliphatic carbocycles. The molecule has 0 aromatic heterocycles. The van der Waals surface area contributed by atoms with Crippen LogP contribution in [-0.2, 0) is 0 Å². The summed E-state index contributed by atoms with van der Waals surface area (Å²) in [6.45, 7) is 3.86. The monoisotopic (exact) mass is 298 g/mol. The third-order valence-electron chi connectivity index (χ3n) is 2.88. The normalized spacial score (nSPS) is 9.86. The Hall–Kier alpha value is -2.95. The van der Waals surface area contributed by atoms with Gasteiger partial charge in [0.25, 0.3) is 11.8 Å². The van der Waals surface area contributed by atoms with Crippen LogP contribution in [0, 0.1) is 5.82 Å². The molecule has 2 rings (SSSR count). The van der Waals surface area contributed by atoms with Gasteiger partial charge in [-0.15, -0.1) is 6.58 Å². The molecule has 0 fully saturated rings. The molecular formula is C17H15FN2O2. The molecule has 0 spiro atoms. The first kappa shape index (κ1) is 15.4. The highest BCUT2D eigenvalue weighted by molar-refractivity contribution is 6.06. The Labute approximate surface area is 127 Å². The van der Waals surface area contributed by atoms with Gasteiger partial charge in [-0.05, 0) is 36.4 Å². The minimum atomic E-state index is -0.435. The third kappa shape index (κ3) is 4.02. The number of halogens is 1. The van der Waals surface area contributed by atoms with E-state index in [4.69, 9.17) is 0 Å². The molecule has 0 aliphatic rings. The van der Waals surface area contributed by atoms with Crippen molar-refractivity contribution in [1.29, 1.82) is 0 Å². The van der Waals surface area contributed by atoms with Crippen LogP contribution in [0.25, 0.3) is 0 Å². The van der Waals surface area contributed by atoms with Gasteiger partial charge in [0, 0.05) is 23.4 Å². The lowest BCUT2D eigenvalue weighted by atomic mass is 10.1. The van der Waals surface area contributed by atoms with E-state index in [0.717, 1.165) is 0 Å². The number of carbonyl (C=O) groups excluding carboxylic acids is 2. The molecule has 2 amide bonds. The van der Waals surface area contributed by atoms with Crippen LogP contribution in [0.3, 0.4) is 0 Å². The summed E-state index contributed by atoms with van der Waals surface area (Å²) in [6.07, 6.45) is 1.57. The quantitative estimate of drug-likeness (QED) is 0.834. The first-order chi connectivity index (χ1) is 10.6. The SMILES string of the molecule is C=CCNC(=O)c1cccc(C(=O)Nc2cccc(F)c2)c1. The number of amides is 2. The summed E-state index contributed by atoms with van der Waals surface area (Å²) in [5, 5.41) is 5.22. The van der Waals surface area contributed by atoms with E-state index >= 15 is 0 Å². The van der Waals surface area contributed by atoms with Gasteiger partial charge in [0.05, 0.1) is 0 Å². The van der Waals surface area contributed by atoms with Crippen molar-refractivity contribution in [3.63, 3.8) is 0 Å². The highest BCUT2D eigenvalue weighted by atomic mass is 19.1. The number of hydrogen-bond acceptors (Lipinski definition) is 2. The number of hydrogen-bond donors (Lipinski definition) is 2. The molecule has 0 saturated carbocycles. The van der Waals surface area contributed by atoms with Crippen LogP contribution < -0.4 is 10.6 Å². The second kappa shape index (κ2) is 7.17. The molecule has 2 aromatic rings. The van der Waals surface area contributed by atoms with E-state index in [1.807, 2.05) is 0 Å². The van der Waals surface area contributed by atoms with Crippen molar-refractivity contribution in [1.82, 2.24) is 5.32 Å². The second-order valence-electron chi connectivity index (χ2n) is 4.54. The van der Waals surface area contributed by atoms with Crippen LogP contribution in [-0.4, -0.2) is 18.4 Å². The lowest BCUT2D eigenvalue weighted by Gasteiger charge is -2.07. The van der Waals surface area contributed by atoms with Crippen LogP contribution >= 0.6 is 0 Å². The Morgan fingerprint density at radius 3 is 2.41 bits per heavy atom. The second-order valence-corrected chi connectivity index (χ2v) is 4.54. The molecule has 22 heavy (non-hydrogen) atoms. The maximum absolute atomic E-state index is 13.1. The number of carbonyl (C=O) groups is 2. The highest BCUT2D eigenvalue weighted by Gasteiger charge is 2.10. The number of nitrogens with one attached hydrogen (secondary N) is 2. The Morgan fingerprint density at radius 1 is 1.05 bits per heavy atom. The van der Waals surface area contributed by atoms with Gasteiger partial charge in [-0.2, -0.15) is 0 Å². The zero-order valence-corrected chi connectivity index (χ0v) is 11.8. The summed E-state index contributed by atoms with van der Waals surface area (Å²) in [4.78, 5) is 24.0. The molecule has 112 valence electrons. The van der Waals surface area contributed by atoms with Gasteiger partial charge < -0.3 is 10.6 Å². The molecule has 0 aliphatic heterocycles. The lowest BCUT2D eigenvalue weighted by Crippen LogP contribution is -2.23. The molecule has 2 N–H and O–H groups in total. The van der Waals surface area contributed by atoms with Crippen LogP contribution in [0.15, 0.2) is 61.2 Å². The van der Waals surface area contributed by atoms with Crippen molar-refractivity contribution in [2.75, 3.05) is 11.9 Å². The molecule has 0 heterocycles. The van der Waals surface area contributed by atoms with Crippen molar-refractivity contribution in [3.05, 3.63) is 78.1 Å². The Morgan fingerprint density at radius 2 is 1.73 bits per heavy atom. The largest absolute Gasteiger partial charge is 0.349 e. The summed E-state index contributed by atoms with van der Waals surface area (Å²) in [5.41, 5.74) is 1.04. The van der Waals surface area contributed by atoms with Crippen LogP contribution in [0.2, 0.25) is 0 Å². The van der Waals surface area contributed by atoms with Gasteiger partial charge in [-0.25, -0.2) is 4.39 Å². The van der Waals surface area contributed by atoms with E-state index < -0.39 is 11.7 Å². The molecule has 4 nitrogen and oxygen atoms in total. The number of benzene rings is 2. The van der Waals surface area contributed by atoms with Gasteiger partial charge in [-0.1, -0.05) is 18.2 Å². The molecule has 5 heteroatoms. The van der Waals surface area contributed by atoms with Crippen LogP contribution in [0.5, 0.6) is 0 Å². The molecule has 0 atom stereocenters. The third-order valence-corrected chi connectivity index (χ3v) is 2.88. The summed E-state index contributed by atoms with van der Waals surface area (Å²) in [6, 6.07) is 11.9. The van der Waals surface area contributed by atoms with Gasteiger partial charge in [0.1, 0.15) is 5.82 Å². The smallest absolute Gasteiger partial charge is 0.255 e. The van der Waals surface area contributed by atoms with Crippen molar-refractivity contribution in [2.24, 2.45) is 0 Å². The predicted molar refractivity (Wildman–Crippen MR) is 83.3 cm³/mol. The van der Waals surface area contributed by atoms with E-state index in [0.29, 0.717) is 23.4 Å². The first-order valence-corrected chi connectivity index (χ1v) is 6.66. The summed E-state index contributed by atoms with van der Waals surface area (Å²) in [5.74, 6) is -1.14. The molecule has 0 saturated heterocycles. The lowest BCUT2D eigenvalue weighted by molar-refractivity contribution is 0.0958. The van der Waals surface area contributed by atoms with E-state index in [1.165, 1.54) is 24.3 Å². The molecule has 2 aromatic carbocycles. The predicted octanol–water partition coefficient (Wildman–Crippen LogP) is 2.99. The van der Waals surface area contributed by atoms with Crippen molar-refractivity contribution in [2.45, 2.75) is 0 Å². The fourth-order valence-electron chi connectivity index (χ4n) is 1.84. The van der Waals surface area contributed by atoms with Gasteiger partial charge in [-0.3, -0.25) is 9.59 Å². The van der Waals surface area contributed by atoms with Crippen LogP contribution in [0.1, 0.15) is 20.7 Å². The molecule has 0 unspecified atom stereocenters. The summed E-state index contributed by atoms with van der Waals surface area (Å²) >= 11 is 0. The average molecular weight is 298 g/mol. The minimum Gasteiger partial charge on any atom is -0.349 e. The Bertz CT molecular complexity index is 713. The van der Waals surface area contributed by atoms with Crippen LogP contribution in [0.4, 0.5) is 10.1 Å². The summed E-state index contributed by atoms with van der Waals surface area (Å²) < 4.78 is 13.1. The van der Waals surface area contributed by atoms with Crippen molar-refractivity contribution in [3.8, 4) is 0 Å². The Kier molecular flexibility index (Phi) is 5.03.